The first kappa shape index (κ1) is 30.4. The summed E-state index contributed by atoms with van der Waals surface area (Å²) < 4.78 is 11.5. The molecule has 3 aromatic rings. The fourth-order valence-electron chi connectivity index (χ4n) is 4.60. The summed E-state index contributed by atoms with van der Waals surface area (Å²) >= 11 is 0. The van der Waals surface area contributed by atoms with Gasteiger partial charge in [0.05, 0.1) is 17.2 Å². The van der Waals surface area contributed by atoms with Gasteiger partial charge in [-0.05, 0) is 70.0 Å². The van der Waals surface area contributed by atoms with Crippen LogP contribution in [0.2, 0.25) is 0 Å². The quantitative estimate of drug-likeness (QED) is 0.137. The molecule has 0 aliphatic carbocycles. The van der Waals surface area contributed by atoms with Gasteiger partial charge in [-0.3, -0.25) is 9.69 Å². The van der Waals surface area contributed by atoms with Crippen molar-refractivity contribution in [1.82, 2.24) is 4.90 Å². The van der Waals surface area contributed by atoms with Crippen LogP contribution < -0.4 is 0 Å². The number of esters is 1. The summed E-state index contributed by atoms with van der Waals surface area (Å²) in [5.41, 5.74) is 3.26. The molecule has 0 unspecified atom stereocenters. The molecule has 0 saturated heterocycles. The van der Waals surface area contributed by atoms with Crippen LogP contribution in [0.5, 0.6) is 0 Å². The van der Waals surface area contributed by atoms with Crippen LogP contribution in [0, 0.1) is 0 Å². The van der Waals surface area contributed by atoms with Gasteiger partial charge in [0.15, 0.2) is 5.78 Å². The van der Waals surface area contributed by atoms with E-state index in [0.29, 0.717) is 34.5 Å². The summed E-state index contributed by atoms with van der Waals surface area (Å²) in [6.45, 7) is 13.4. The number of hydrogen-bond acceptors (Lipinski definition) is 5. The fourth-order valence-corrected chi connectivity index (χ4v) is 4.60. The summed E-state index contributed by atoms with van der Waals surface area (Å²) in [5.74, 6) is 0.224. The van der Waals surface area contributed by atoms with Gasteiger partial charge < -0.3 is 9.15 Å². The smallest absolute Gasteiger partial charge is 0.338 e. The topological polar surface area (TPSA) is 59.8 Å². The van der Waals surface area contributed by atoms with Gasteiger partial charge in [-0.15, -0.1) is 0 Å². The molecule has 2 aromatic carbocycles. The molecule has 1 aromatic heterocycles. The highest BCUT2D eigenvalue weighted by Crippen LogP contribution is 2.31. The van der Waals surface area contributed by atoms with E-state index in [9.17, 15) is 9.59 Å². The van der Waals surface area contributed by atoms with Gasteiger partial charge in [0.1, 0.15) is 11.3 Å². The number of ether oxygens (including phenoxy) is 1. The van der Waals surface area contributed by atoms with Crippen molar-refractivity contribution in [1.29, 1.82) is 0 Å². The van der Waals surface area contributed by atoms with Crippen LogP contribution >= 0.6 is 0 Å². The first-order valence-electron chi connectivity index (χ1n) is 14.7. The maximum absolute atomic E-state index is 13.7. The number of unbranched alkanes of at least 4 members (excludes halogenated alkanes) is 3. The molecule has 1 heterocycles. The summed E-state index contributed by atoms with van der Waals surface area (Å²) in [7, 11) is 0. The average Bonchev–Trinajstić information content (AvgIpc) is 3.30. The Balaban J connectivity index is 1.80. The molecule has 5 nitrogen and oxygen atoms in total. The van der Waals surface area contributed by atoms with Gasteiger partial charge in [0.25, 0.3) is 0 Å². The zero-order valence-corrected chi connectivity index (χ0v) is 24.4. The highest BCUT2D eigenvalue weighted by Gasteiger charge is 2.23. The van der Waals surface area contributed by atoms with Crippen LogP contribution in [0.3, 0.4) is 0 Å². The molecule has 0 bridgehead atoms. The van der Waals surface area contributed by atoms with E-state index in [1.54, 1.807) is 18.2 Å². The Morgan fingerprint density at radius 2 is 1.54 bits per heavy atom. The van der Waals surface area contributed by atoms with E-state index >= 15 is 0 Å². The number of furan rings is 1. The van der Waals surface area contributed by atoms with E-state index in [4.69, 9.17) is 9.15 Å². The lowest BCUT2D eigenvalue weighted by Crippen LogP contribution is -2.26. The second-order valence-corrected chi connectivity index (χ2v) is 10.5. The van der Waals surface area contributed by atoms with Gasteiger partial charge in [-0.25, -0.2) is 4.79 Å². The molecule has 0 fully saturated rings. The summed E-state index contributed by atoms with van der Waals surface area (Å²) in [6.07, 6.45) is 11.6. The van der Waals surface area contributed by atoms with E-state index in [1.807, 2.05) is 38.1 Å². The van der Waals surface area contributed by atoms with Crippen LogP contribution in [0.15, 0.2) is 53.0 Å². The van der Waals surface area contributed by atoms with Crippen LogP contribution in [0.1, 0.15) is 111 Å². The molecule has 39 heavy (non-hydrogen) atoms. The Morgan fingerprint density at radius 1 is 0.897 bits per heavy atom. The van der Waals surface area contributed by atoms with Gasteiger partial charge in [0, 0.05) is 23.9 Å². The highest BCUT2D eigenvalue weighted by molar-refractivity contribution is 6.17. The van der Waals surface area contributed by atoms with E-state index in [-0.39, 0.29) is 11.9 Å². The Hall–Kier alpha value is -3.18. The third kappa shape index (κ3) is 8.66. The first-order valence-corrected chi connectivity index (χ1v) is 14.7. The standard InChI is InChI=1S/C34H45NO4/c1-6-9-14-30-32(29-20-19-28(24-31(29)39-30)34(37)38-25(4)5)33(36)27-17-15-26(16-18-27)13-12-23-35(21-10-7-2)22-11-8-3/h12-13,15-20,24-25H,6-11,14,21-23H2,1-5H3/b13-12+. The van der Waals surface area contributed by atoms with Crippen LogP contribution in [0.4, 0.5) is 0 Å². The molecule has 0 aliphatic heterocycles. The van der Waals surface area contributed by atoms with Crippen molar-refractivity contribution in [2.75, 3.05) is 19.6 Å². The zero-order valence-electron chi connectivity index (χ0n) is 24.4. The molecule has 0 radical (unpaired) electrons. The third-order valence-electron chi connectivity index (χ3n) is 6.83. The molecule has 0 atom stereocenters. The fraction of sp³-hybridized carbons (Fsp3) is 0.471. The van der Waals surface area contributed by atoms with Gasteiger partial charge in [0.2, 0.25) is 0 Å². The minimum Gasteiger partial charge on any atom is -0.460 e. The van der Waals surface area contributed by atoms with Crippen molar-refractivity contribution < 1.29 is 18.7 Å². The van der Waals surface area contributed by atoms with Crippen LogP contribution in [-0.2, 0) is 11.2 Å². The molecule has 0 amide bonds. The predicted molar refractivity (Wildman–Crippen MR) is 161 cm³/mol. The number of rotatable bonds is 16. The second-order valence-electron chi connectivity index (χ2n) is 10.5. The minimum absolute atomic E-state index is 0.0572. The maximum Gasteiger partial charge on any atom is 0.338 e. The molecule has 0 spiro atoms. The Morgan fingerprint density at radius 3 is 2.15 bits per heavy atom. The summed E-state index contributed by atoms with van der Waals surface area (Å²) in [4.78, 5) is 28.6. The first-order chi connectivity index (χ1) is 18.9. The Labute approximate surface area is 234 Å². The SMILES string of the molecule is CCCCc1oc2cc(C(=O)OC(C)C)ccc2c1C(=O)c1ccc(/C=C/CN(CCCC)CCCC)cc1. The lowest BCUT2D eigenvalue weighted by atomic mass is 9.97. The zero-order chi connectivity index (χ0) is 28.2. The predicted octanol–water partition coefficient (Wildman–Crippen LogP) is 8.49. The second kappa shape index (κ2) is 15.4. The molecule has 210 valence electrons. The van der Waals surface area contributed by atoms with Crippen molar-refractivity contribution in [3.05, 3.63) is 76.6 Å². The van der Waals surface area contributed by atoms with Crippen molar-refractivity contribution in [3.63, 3.8) is 0 Å². The van der Waals surface area contributed by atoms with E-state index in [1.165, 1.54) is 25.7 Å². The highest BCUT2D eigenvalue weighted by atomic mass is 16.5. The van der Waals surface area contributed by atoms with Crippen molar-refractivity contribution >= 4 is 28.8 Å². The summed E-state index contributed by atoms with van der Waals surface area (Å²) in [5, 5.41) is 0.732. The molecular weight excluding hydrogens is 486 g/mol. The number of carbonyl (C=O) groups excluding carboxylic acids is 2. The average molecular weight is 532 g/mol. The number of carbonyl (C=O) groups is 2. The number of benzene rings is 2. The van der Waals surface area contributed by atoms with Gasteiger partial charge >= 0.3 is 5.97 Å². The van der Waals surface area contributed by atoms with Crippen LogP contribution in [0.25, 0.3) is 17.0 Å². The Bertz CT molecular complexity index is 1230. The maximum atomic E-state index is 13.7. The molecule has 0 N–H and O–H groups in total. The molecule has 0 aliphatic rings. The largest absolute Gasteiger partial charge is 0.460 e. The number of ketones is 1. The molecular formula is C34H45NO4. The number of aryl methyl sites for hydroxylation is 1. The van der Waals surface area contributed by atoms with Crippen molar-refractivity contribution in [2.24, 2.45) is 0 Å². The minimum atomic E-state index is -0.395. The lowest BCUT2D eigenvalue weighted by Gasteiger charge is -2.19. The molecule has 0 saturated carbocycles. The molecule has 5 heteroatoms. The monoisotopic (exact) mass is 531 g/mol. The van der Waals surface area contributed by atoms with Gasteiger partial charge in [-0.2, -0.15) is 0 Å². The van der Waals surface area contributed by atoms with E-state index in [2.05, 4.69) is 37.8 Å². The van der Waals surface area contributed by atoms with E-state index < -0.39 is 5.97 Å². The van der Waals surface area contributed by atoms with Crippen molar-refractivity contribution in [3.8, 4) is 0 Å². The van der Waals surface area contributed by atoms with Crippen LogP contribution in [-0.4, -0.2) is 42.4 Å². The normalized spacial score (nSPS) is 11.8. The number of nitrogens with zero attached hydrogens (tertiary/aromatic N) is 1. The van der Waals surface area contributed by atoms with Gasteiger partial charge in [-0.1, -0.05) is 76.5 Å². The van der Waals surface area contributed by atoms with Crippen molar-refractivity contribution in [2.45, 2.75) is 85.7 Å². The third-order valence-corrected chi connectivity index (χ3v) is 6.83. The number of fused-ring (bicyclic) bond motifs is 1. The molecule has 3 rings (SSSR count). The Kier molecular flexibility index (Phi) is 12.0. The number of hydrogen-bond donors (Lipinski definition) is 0. The lowest BCUT2D eigenvalue weighted by molar-refractivity contribution is 0.0378. The van der Waals surface area contributed by atoms with E-state index in [0.717, 1.165) is 43.4 Å². The summed E-state index contributed by atoms with van der Waals surface area (Å²) in [6, 6.07) is 13.0.